The summed E-state index contributed by atoms with van der Waals surface area (Å²) in [6.45, 7) is 9.97. The number of rotatable bonds is 5. The van der Waals surface area contributed by atoms with Crippen LogP contribution in [0.1, 0.15) is 26.3 Å². The van der Waals surface area contributed by atoms with Crippen LogP contribution in [0.5, 0.6) is 0 Å². The van der Waals surface area contributed by atoms with Crippen LogP contribution in [0, 0.1) is 0 Å². The summed E-state index contributed by atoms with van der Waals surface area (Å²) < 4.78 is 3.83. The van der Waals surface area contributed by atoms with Crippen molar-refractivity contribution in [3.05, 3.63) is 70.5 Å². The van der Waals surface area contributed by atoms with E-state index in [2.05, 4.69) is 91.1 Å². The van der Waals surface area contributed by atoms with E-state index in [0.717, 1.165) is 13.1 Å². The number of nitrogens with zero attached hydrogens (tertiary/aromatic N) is 2. The predicted molar refractivity (Wildman–Crippen MR) is 108 cm³/mol. The van der Waals surface area contributed by atoms with Gasteiger partial charge in [-0.3, -0.25) is 0 Å². The fourth-order valence-electron chi connectivity index (χ4n) is 3.14. The van der Waals surface area contributed by atoms with Gasteiger partial charge in [0.2, 0.25) is 0 Å². The number of hydrogen-bond donors (Lipinski definition) is 0. The Bertz CT molecular complexity index is 833. The minimum atomic E-state index is 0.653. The molecule has 0 saturated carbocycles. The molecule has 0 aliphatic carbocycles. The quantitative estimate of drug-likeness (QED) is 0.411. The topological polar surface area (TPSA) is 7.12 Å². The van der Waals surface area contributed by atoms with Crippen molar-refractivity contribution in [2.75, 3.05) is 13.1 Å². The zero-order chi connectivity index (χ0) is 17.6. The zero-order valence-corrected chi connectivity index (χ0v) is 17.1. The molecule has 3 rings (SSSR count). The van der Waals surface area contributed by atoms with Gasteiger partial charge in [-0.25, -0.2) is 0 Å². The van der Waals surface area contributed by atoms with Crippen molar-refractivity contribution in [2.24, 2.45) is 0 Å². The number of allylic oxidation sites excluding steroid dienone is 4. The molecule has 25 heavy (non-hydrogen) atoms. The Labute approximate surface area is 157 Å². The molecule has 1 aromatic carbocycles. The Morgan fingerprint density at radius 2 is 2.08 bits per heavy atom. The van der Waals surface area contributed by atoms with Gasteiger partial charge in [-0.2, -0.15) is 0 Å². The first-order valence-electron chi connectivity index (χ1n) is 9.08. The molecule has 2 aromatic rings. The van der Waals surface area contributed by atoms with Crippen molar-refractivity contribution in [1.29, 1.82) is 0 Å². The van der Waals surface area contributed by atoms with Crippen molar-refractivity contribution in [2.45, 2.75) is 32.6 Å². The number of benzene rings is 1. The standard InChI is InChI=1S/C22H27N2Se/c1-4-23-15-14-19(20-8-6-7-9-21(20)23)12-10-18(3)11-13-22-24(5-2)16-17-25-22/h6-15H,4-5,16-17H2,1-3H3/q+1. The molecular weight excluding hydrogens is 371 g/mol. The van der Waals surface area contributed by atoms with E-state index in [-0.39, 0.29) is 0 Å². The predicted octanol–water partition coefficient (Wildman–Crippen LogP) is 4.41. The van der Waals surface area contributed by atoms with Gasteiger partial charge in [-0.15, -0.1) is 0 Å². The first-order valence-corrected chi connectivity index (χ1v) is 11.1. The third-order valence-corrected chi connectivity index (χ3v) is 6.88. The van der Waals surface area contributed by atoms with E-state index in [9.17, 15) is 0 Å². The van der Waals surface area contributed by atoms with E-state index in [4.69, 9.17) is 0 Å². The fourth-order valence-corrected chi connectivity index (χ4v) is 5.42. The number of aromatic nitrogens is 1. The van der Waals surface area contributed by atoms with E-state index in [1.165, 1.54) is 38.5 Å². The summed E-state index contributed by atoms with van der Waals surface area (Å²) in [6.07, 6.45) is 11.2. The molecule has 0 amide bonds. The van der Waals surface area contributed by atoms with Crippen molar-refractivity contribution in [1.82, 2.24) is 4.90 Å². The van der Waals surface area contributed by atoms with Crippen LogP contribution in [0.25, 0.3) is 17.0 Å². The summed E-state index contributed by atoms with van der Waals surface area (Å²) in [5.41, 5.74) is 3.87. The van der Waals surface area contributed by atoms with Crippen LogP contribution < -0.4 is 4.57 Å². The van der Waals surface area contributed by atoms with Crippen LogP contribution in [0.15, 0.2) is 64.9 Å². The number of para-hydroxylation sites is 1. The van der Waals surface area contributed by atoms with Gasteiger partial charge in [-0.1, -0.05) is 0 Å². The summed E-state index contributed by atoms with van der Waals surface area (Å²) in [6, 6.07) is 10.9. The van der Waals surface area contributed by atoms with Crippen molar-refractivity contribution < 1.29 is 4.57 Å². The molecule has 0 N–H and O–H groups in total. The molecule has 3 heteroatoms. The molecule has 1 aliphatic heterocycles. The molecule has 1 aliphatic rings. The average Bonchev–Trinajstić information content (AvgIpc) is 3.12. The number of hydrogen-bond acceptors (Lipinski definition) is 1. The van der Waals surface area contributed by atoms with E-state index < -0.39 is 0 Å². The Kier molecular flexibility index (Phi) is 6.12. The first-order chi connectivity index (χ1) is 12.2. The molecule has 1 fully saturated rings. The number of fused-ring (bicyclic) bond motifs is 1. The summed E-state index contributed by atoms with van der Waals surface area (Å²) in [5.74, 6) is 0. The molecule has 2 heterocycles. The Morgan fingerprint density at radius 1 is 1.24 bits per heavy atom. The van der Waals surface area contributed by atoms with Crippen LogP contribution in [-0.2, 0) is 6.54 Å². The molecule has 0 unspecified atom stereocenters. The number of aryl methyl sites for hydroxylation is 1. The first kappa shape index (κ1) is 18.0. The van der Waals surface area contributed by atoms with Gasteiger partial charge >= 0.3 is 158 Å². The van der Waals surface area contributed by atoms with Crippen LogP contribution >= 0.6 is 0 Å². The van der Waals surface area contributed by atoms with Crippen molar-refractivity contribution >= 4 is 31.9 Å². The van der Waals surface area contributed by atoms with Crippen LogP contribution in [0.2, 0.25) is 5.32 Å². The Morgan fingerprint density at radius 3 is 2.88 bits per heavy atom. The summed E-state index contributed by atoms with van der Waals surface area (Å²) in [5, 5.41) is 2.66. The second-order valence-corrected chi connectivity index (χ2v) is 8.59. The molecule has 1 saturated heterocycles. The monoisotopic (exact) mass is 399 g/mol. The summed E-state index contributed by atoms with van der Waals surface area (Å²) >= 11 is 0.653. The molecule has 0 spiro atoms. The summed E-state index contributed by atoms with van der Waals surface area (Å²) in [4.78, 5) is 2.50. The second-order valence-electron chi connectivity index (χ2n) is 6.25. The Hall–Kier alpha value is -1.83. The summed E-state index contributed by atoms with van der Waals surface area (Å²) in [7, 11) is 0. The third-order valence-electron chi connectivity index (χ3n) is 4.62. The average molecular weight is 398 g/mol. The second kappa shape index (κ2) is 8.51. The molecule has 0 atom stereocenters. The van der Waals surface area contributed by atoms with Gasteiger partial charge < -0.3 is 0 Å². The third kappa shape index (κ3) is 4.23. The molecule has 2 nitrogen and oxygen atoms in total. The van der Waals surface area contributed by atoms with Gasteiger partial charge in [-0.05, 0) is 0 Å². The van der Waals surface area contributed by atoms with Crippen LogP contribution in [-0.4, -0.2) is 32.9 Å². The van der Waals surface area contributed by atoms with Crippen molar-refractivity contribution in [3.8, 4) is 0 Å². The molecule has 130 valence electrons. The van der Waals surface area contributed by atoms with Gasteiger partial charge in [0.1, 0.15) is 0 Å². The van der Waals surface area contributed by atoms with Crippen LogP contribution in [0.3, 0.4) is 0 Å². The minimum absolute atomic E-state index is 0.653. The van der Waals surface area contributed by atoms with E-state index in [1.807, 2.05) is 0 Å². The van der Waals surface area contributed by atoms with E-state index in [1.54, 1.807) is 0 Å². The molecule has 0 bridgehead atoms. The normalized spacial score (nSPS) is 17.3. The van der Waals surface area contributed by atoms with E-state index >= 15 is 0 Å². The van der Waals surface area contributed by atoms with Crippen molar-refractivity contribution in [3.63, 3.8) is 0 Å². The van der Waals surface area contributed by atoms with Gasteiger partial charge in [0.05, 0.1) is 0 Å². The SMILES string of the molecule is CCN1CC[Se]\C1=C/C=C(C)/C=C/c1cc[n+](CC)c2ccccc12. The molecule has 0 radical (unpaired) electrons. The number of pyridine rings is 1. The van der Waals surface area contributed by atoms with Crippen LogP contribution in [0.4, 0.5) is 0 Å². The Balaban J connectivity index is 1.83. The maximum absolute atomic E-state index is 2.50. The molecular formula is C22H27N2Se+. The maximum atomic E-state index is 2.50. The zero-order valence-electron chi connectivity index (χ0n) is 15.4. The van der Waals surface area contributed by atoms with Gasteiger partial charge in [0.15, 0.2) is 0 Å². The van der Waals surface area contributed by atoms with E-state index in [0.29, 0.717) is 15.0 Å². The van der Waals surface area contributed by atoms with Gasteiger partial charge in [0.25, 0.3) is 0 Å². The molecule has 1 aromatic heterocycles. The van der Waals surface area contributed by atoms with Gasteiger partial charge in [0, 0.05) is 0 Å². The fraction of sp³-hybridized carbons (Fsp3) is 0.318.